The number of hydrogen-bond donors (Lipinski definition) is 2. The van der Waals surface area contributed by atoms with E-state index >= 15 is 0 Å². The van der Waals surface area contributed by atoms with Crippen LogP contribution in [-0.2, 0) is 7.05 Å². The summed E-state index contributed by atoms with van der Waals surface area (Å²) in [5.41, 5.74) is 2.68. The van der Waals surface area contributed by atoms with Crippen LogP contribution in [0.5, 0.6) is 0 Å². The zero-order valence-corrected chi connectivity index (χ0v) is 17.9. The summed E-state index contributed by atoms with van der Waals surface area (Å²) in [7, 11) is 1.90. The minimum Gasteiger partial charge on any atom is -0.396 e. The third-order valence-corrected chi connectivity index (χ3v) is 6.38. The smallest absolute Gasteiger partial charge is 0.176 e. The number of amidine groups is 1. The summed E-state index contributed by atoms with van der Waals surface area (Å²) in [4.78, 5) is 12.1. The normalized spacial score (nSPS) is 16.4. The van der Waals surface area contributed by atoms with E-state index in [1.165, 1.54) is 0 Å². The molecule has 1 atom stereocenters. The van der Waals surface area contributed by atoms with Gasteiger partial charge in [-0.2, -0.15) is 5.10 Å². The topological polar surface area (TPSA) is 91.7 Å². The zero-order valence-electron chi connectivity index (χ0n) is 17.1. The van der Waals surface area contributed by atoms with E-state index in [2.05, 4.69) is 18.8 Å². The van der Waals surface area contributed by atoms with E-state index in [1.807, 2.05) is 46.6 Å². The van der Waals surface area contributed by atoms with E-state index < -0.39 is 6.23 Å². The van der Waals surface area contributed by atoms with Gasteiger partial charge >= 0.3 is 0 Å². The molecule has 29 heavy (non-hydrogen) atoms. The first-order valence-electron chi connectivity index (χ1n) is 9.73. The third kappa shape index (κ3) is 3.39. The van der Waals surface area contributed by atoms with Gasteiger partial charge in [0.2, 0.25) is 0 Å². The van der Waals surface area contributed by atoms with Gasteiger partial charge in [-0.25, -0.2) is 9.98 Å². The largest absolute Gasteiger partial charge is 0.396 e. The summed E-state index contributed by atoms with van der Waals surface area (Å²) in [6.07, 6.45) is 5.23. The Labute approximate surface area is 173 Å². The number of fused-ring (bicyclic) bond motifs is 1. The Kier molecular flexibility index (Phi) is 5.28. The molecule has 0 radical (unpaired) electrons. The van der Waals surface area contributed by atoms with Gasteiger partial charge in [-0.15, -0.1) is 11.3 Å². The Morgan fingerprint density at radius 3 is 2.69 bits per heavy atom. The molecule has 0 saturated carbocycles. The maximum Gasteiger partial charge on any atom is 0.176 e. The molecule has 0 amide bonds. The van der Waals surface area contributed by atoms with Crippen LogP contribution in [0.15, 0.2) is 29.6 Å². The van der Waals surface area contributed by atoms with Crippen LogP contribution in [0.4, 0.5) is 5.00 Å². The predicted octanol–water partition coefficient (Wildman–Crippen LogP) is 3.00. The van der Waals surface area contributed by atoms with Gasteiger partial charge in [-0.3, -0.25) is 4.68 Å². The van der Waals surface area contributed by atoms with Gasteiger partial charge in [-0.1, -0.05) is 0 Å². The van der Waals surface area contributed by atoms with Crippen LogP contribution in [0, 0.1) is 6.92 Å². The van der Waals surface area contributed by atoms with E-state index in [1.54, 1.807) is 17.5 Å². The molecule has 4 heterocycles. The summed E-state index contributed by atoms with van der Waals surface area (Å²) in [5.74, 6) is 1.30. The van der Waals surface area contributed by atoms with Gasteiger partial charge in [0, 0.05) is 50.4 Å². The van der Waals surface area contributed by atoms with Gasteiger partial charge in [0.25, 0.3) is 0 Å². The molecule has 1 aliphatic rings. The molecule has 0 aromatic carbocycles. The number of imidazole rings is 1. The van der Waals surface area contributed by atoms with Crippen molar-refractivity contribution in [3.63, 3.8) is 0 Å². The van der Waals surface area contributed by atoms with E-state index in [0.717, 1.165) is 26.7 Å². The standard InChI is InChI=1S/C20H26N6O2S/c1-12(2)26-9-6-14(23-26)16-13(3)15-19(29-16)22-18(17-21-7-10-24(17)4)25(20(15)28)8-5-11-27/h6-7,9-10,12,20,27-28H,5,8,11H2,1-4H3. The molecular weight excluding hydrogens is 388 g/mol. The van der Waals surface area contributed by atoms with Crippen molar-refractivity contribution in [3.8, 4) is 10.6 Å². The van der Waals surface area contributed by atoms with Gasteiger partial charge in [0.15, 0.2) is 17.9 Å². The number of thiophene rings is 1. The summed E-state index contributed by atoms with van der Waals surface area (Å²) < 4.78 is 3.81. The second-order valence-corrected chi connectivity index (χ2v) is 8.49. The fourth-order valence-electron chi connectivity index (χ4n) is 3.55. The van der Waals surface area contributed by atoms with E-state index in [9.17, 15) is 10.2 Å². The Morgan fingerprint density at radius 2 is 2.07 bits per heavy atom. The molecule has 8 nitrogen and oxygen atoms in total. The molecule has 1 aliphatic heterocycles. The van der Waals surface area contributed by atoms with Gasteiger partial charge in [0.1, 0.15) is 10.7 Å². The maximum absolute atomic E-state index is 11.2. The number of aliphatic imine (C=N–C) groups is 1. The highest BCUT2D eigenvalue weighted by Gasteiger charge is 2.35. The first-order chi connectivity index (χ1) is 13.9. The van der Waals surface area contributed by atoms with Crippen molar-refractivity contribution >= 4 is 22.2 Å². The number of aromatic nitrogens is 4. The number of nitrogens with zero attached hydrogens (tertiary/aromatic N) is 6. The van der Waals surface area contributed by atoms with Crippen molar-refractivity contribution in [3.05, 3.63) is 41.6 Å². The van der Waals surface area contributed by atoms with Gasteiger partial charge in [-0.05, 0) is 38.8 Å². The first-order valence-corrected chi connectivity index (χ1v) is 10.5. The Hall–Kier alpha value is -2.49. The van der Waals surface area contributed by atoms with E-state index in [0.29, 0.717) is 24.6 Å². The molecule has 9 heteroatoms. The average molecular weight is 415 g/mol. The molecule has 3 aromatic rings. The lowest BCUT2D eigenvalue weighted by molar-refractivity contribution is 0.0468. The molecule has 0 saturated heterocycles. The molecule has 154 valence electrons. The molecule has 4 rings (SSSR count). The number of aryl methyl sites for hydroxylation is 1. The summed E-state index contributed by atoms with van der Waals surface area (Å²) in [5, 5.41) is 26.1. The highest BCUT2D eigenvalue weighted by Crippen LogP contribution is 2.47. The lowest BCUT2D eigenvalue weighted by atomic mass is 10.1. The fraction of sp³-hybridized carbons (Fsp3) is 0.450. The Bertz CT molecular complexity index is 1050. The second kappa shape index (κ2) is 7.74. The number of hydrogen-bond acceptors (Lipinski definition) is 7. The van der Waals surface area contributed by atoms with Crippen LogP contribution in [0.1, 0.15) is 49.5 Å². The van der Waals surface area contributed by atoms with Crippen LogP contribution < -0.4 is 0 Å². The quantitative estimate of drug-likeness (QED) is 0.647. The lowest BCUT2D eigenvalue weighted by Crippen LogP contribution is -2.40. The molecule has 0 aliphatic carbocycles. The first kappa shape index (κ1) is 19.8. The maximum atomic E-state index is 11.2. The predicted molar refractivity (Wildman–Crippen MR) is 113 cm³/mol. The molecule has 2 N–H and O–H groups in total. The molecule has 0 bridgehead atoms. The van der Waals surface area contributed by atoms with E-state index in [-0.39, 0.29) is 12.6 Å². The van der Waals surface area contributed by atoms with Crippen molar-refractivity contribution in [2.45, 2.75) is 39.5 Å². The Balaban J connectivity index is 1.82. The highest BCUT2D eigenvalue weighted by atomic mass is 32.1. The SMILES string of the molecule is Cc1c(-c2ccn(C(C)C)n2)sc2c1C(O)N(CCCO)C(c1nccn1C)=N2. The number of rotatable bonds is 6. The van der Waals surface area contributed by atoms with Crippen LogP contribution >= 0.6 is 11.3 Å². The summed E-state index contributed by atoms with van der Waals surface area (Å²) in [6, 6.07) is 2.29. The molecular formula is C20H26N6O2S. The highest BCUT2D eigenvalue weighted by molar-refractivity contribution is 7.19. The minimum atomic E-state index is -0.849. The van der Waals surface area contributed by atoms with Crippen molar-refractivity contribution < 1.29 is 10.2 Å². The molecule has 1 unspecified atom stereocenters. The molecule has 0 fully saturated rings. The van der Waals surface area contributed by atoms with Crippen LogP contribution in [0.2, 0.25) is 0 Å². The summed E-state index contributed by atoms with van der Waals surface area (Å²) >= 11 is 1.54. The van der Waals surface area contributed by atoms with E-state index in [4.69, 9.17) is 10.1 Å². The van der Waals surface area contributed by atoms with Crippen molar-refractivity contribution in [1.29, 1.82) is 0 Å². The molecule has 3 aromatic heterocycles. The number of aliphatic hydroxyl groups excluding tert-OH is 2. The second-order valence-electron chi connectivity index (χ2n) is 7.49. The lowest BCUT2D eigenvalue weighted by Gasteiger charge is -2.34. The van der Waals surface area contributed by atoms with Crippen molar-refractivity contribution in [2.24, 2.45) is 12.0 Å². The van der Waals surface area contributed by atoms with Gasteiger partial charge < -0.3 is 19.7 Å². The Morgan fingerprint density at radius 1 is 1.28 bits per heavy atom. The minimum absolute atomic E-state index is 0.0461. The monoisotopic (exact) mass is 414 g/mol. The van der Waals surface area contributed by atoms with Crippen molar-refractivity contribution in [1.82, 2.24) is 24.2 Å². The summed E-state index contributed by atoms with van der Waals surface area (Å²) in [6.45, 7) is 6.72. The zero-order chi connectivity index (χ0) is 20.7. The fourth-order valence-corrected chi connectivity index (χ4v) is 4.72. The third-order valence-electron chi connectivity index (χ3n) is 5.16. The number of aliphatic hydroxyl groups is 2. The molecule has 0 spiro atoms. The van der Waals surface area contributed by atoms with Crippen molar-refractivity contribution in [2.75, 3.05) is 13.2 Å². The average Bonchev–Trinajstić information content (AvgIpc) is 3.39. The van der Waals surface area contributed by atoms with Crippen LogP contribution in [0.25, 0.3) is 10.6 Å². The van der Waals surface area contributed by atoms with Crippen LogP contribution in [0.3, 0.4) is 0 Å². The van der Waals surface area contributed by atoms with Gasteiger partial charge in [0.05, 0.1) is 4.88 Å². The van der Waals surface area contributed by atoms with Crippen LogP contribution in [-0.4, -0.2) is 53.4 Å².